The van der Waals surface area contributed by atoms with E-state index in [1.165, 1.54) is 18.2 Å². The lowest BCUT2D eigenvalue weighted by Crippen LogP contribution is -2.40. The second-order valence-corrected chi connectivity index (χ2v) is 5.80. The van der Waals surface area contributed by atoms with E-state index in [1.807, 2.05) is 0 Å². The summed E-state index contributed by atoms with van der Waals surface area (Å²) < 4.78 is 31.7. The number of hydrogen-bond donors (Lipinski definition) is 4. The Hall–Kier alpha value is -2.60. The fourth-order valence-corrected chi connectivity index (χ4v) is 1.70. The minimum atomic E-state index is -5.08. The van der Waals surface area contributed by atoms with Crippen LogP contribution in [0.5, 0.6) is 0 Å². The fraction of sp³-hybridized carbons (Fsp3) is 0.385. The number of nitro groups is 1. The van der Waals surface area contributed by atoms with Gasteiger partial charge in [0.25, 0.3) is 5.69 Å². The lowest BCUT2D eigenvalue weighted by molar-refractivity contribution is -0.384. The Balaban J connectivity index is 0.000000412. The topological polar surface area (TPSA) is 148 Å². The molecule has 0 aliphatic heterocycles. The predicted octanol–water partition coefficient (Wildman–Crippen LogP) is 2.49. The molecule has 0 atom stereocenters. The van der Waals surface area contributed by atoms with E-state index in [4.69, 9.17) is 27.2 Å². The summed E-state index contributed by atoms with van der Waals surface area (Å²) in [6, 6.07) is 3.40. The van der Waals surface area contributed by atoms with Crippen LogP contribution in [0.15, 0.2) is 18.2 Å². The van der Waals surface area contributed by atoms with Gasteiger partial charge in [0.15, 0.2) is 0 Å². The molecule has 26 heavy (non-hydrogen) atoms. The van der Waals surface area contributed by atoms with Gasteiger partial charge in [-0.3, -0.25) is 10.1 Å². The first-order valence-electron chi connectivity index (χ1n) is 6.92. The fourth-order valence-electron chi connectivity index (χ4n) is 1.48. The summed E-state index contributed by atoms with van der Waals surface area (Å²) in [5, 5.41) is 22.9. The molecule has 1 saturated carbocycles. The Bertz CT molecular complexity index is 710. The van der Waals surface area contributed by atoms with Crippen LogP contribution in [0.1, 0.15) is 12.8 Å². The molecule has 2 rings (SSSR count). The SMILES string of the molecule is NC1(CNC(=O)Nc2ccc([N+](=O)[O-])cc2Cl)CC1.O=C(O)C(F)(F)F. The van der Waals surface area contributed by atoms with E-state index in [1.54, 1.807) is 0 Å². The third kappa shape index (κ3) is 7.11. The van der Waals surface area contributed by atoms with E-state index >= 15 is 0 Å². The Labute approximate surface area is 149 Å². The van der Waals surface area contributed by atoms with E-state index in [-0.39, 0.29) is 16.2 Å². The molecule has 0 heterocycles. The number of nitrogens with zero attached hydrogens (tertiary/aromatic N) is 1. The van der Waals surface area contributed by atoms with Gasteiger partial charge in [-0.15, -0.1) is 0 Å². The summed E-state index contributed by atoms with van der Waals surface area (Å²) in [7, 11) is 0. The van der Waals surface area contributed by atoms with Crippen LogP contribution in [0.2, 0.25) is 5.02 Å². The zero-order chi connectivity index (χ0) is 20.1. The van der Waals surface area contributed by atoms with Gasteiger partial charge in [-0.2, -0.15) is 13.2 Å². The monoisotopic (exact) mass is 398 g/mol. The number of anilines is 1. The van der Waals surface area contributed by atoms with Gasteiger partial charge in [-0.25, -0.2) is 9.59 Å². The number of halogens is 4. The molecule has 144 valence electrons. The van der Waals surface area contributed by atoms with Crippen LogP contribution in [0.4, 0.5) is 29.3 Å². The van der Waals surface area contributed by atoms with Crippen LogP contribution in [0, 0.1) is 10.1 Å². The van der Waals surface area contributed by atoms with Gasteiger partial charge in [0.1, 0.15) is 0 Å². The first-order valence-corrected chi connectivity index (χ1v) is 7.30. The van der Waals surface area contributed by atoms with Gasteiger partial charge in [0, 0.05) is 24.2 Å². The van der Waals surface area contributed by atoms with Crippen LogP contribution in [0.3, 0.4) is 0 Å². The molecule has 1 aliphatic carbocycles. The summed E-state index contributed by atoms with van der Waals surface area (Å²) in [4.78, 5) is 30.5. The van der Waals surface area contributed by atoms with Gasteiger partial charge < -0.3 is 21.5 Å². The maximum atomic E-state index is 11.6. The Morgan fingerprint density at radius 2 is 1.92 bits per heavy atom. The molecule has 1 fully saturated rings. The number of nitrogens with two attached hydrogens (primary N) is 1. The van der Waals surface area contributed by atoms with E-state index < -0.39 is 23.1 Å². The second kappa shape index (κ2) is 8.19. The van der Waals surface area contributed by atoms with Crippen molar-refractivity contribution >= 4 is 35.0 Å². The number of hydrogen-bond acceptors (Lipinski definition) is 5. The molecule has 9 nitrogen and oxygen atoms in total. The van der Waals surface area contributed by atoms with E-state index in [0.29, 0.717) is 12.2 Å². The van der Waals surface area contributed by atoms with Crippen molar-refractivity contribution in [3.63, 3.8) is 0 Å². The Kier molecular flexibility index (Phi) is 6.75. The normalized spacial score (nSPS) is 14.5. The lowest BCUT2D eigenvalue weighted by Gasteiger charge is -2.12. The largest absolute Gasteiger partial charge is 0.490 e. The summed E-state index contributed by atoms with van der Waals surface area (Å²) in [6.45, 7) is 0.392. The molecule has 0 spiro atoms. The van der Waals surface area contributed by atoms with Crippen LogP contribution in [0.25, 0.3) is 0 Å². The Morgan fingerprint density at radius 3 is 2.31 bits per heavy atom. The van der Waals surface area contributed by atoms with Gasteiger partial charge >= 0.3 is 18.2 Å². The number of aliphatic carboxylic acids is 1. The summed E-state index contributed by atoms with van der Waals surface area (Å²) >= 11 is 5.85. The molecule has 1 aromatic rings. The molecule has 2 amide bonds. The van der Waals surface area contributed by atoms with Crippen molar-refractivity contribution in [3.05, 3.63) is 33.3 Å². The summed E-state index contributed by atoms with van der Waals surface area (Å²) in [5.41, 5.74) is 5.73. The molecule has 1 aromatic carbocycles. The molecular formula is C13H14ClF3N4O5. The van der Waals surface area contributed by atoms with E-state index in [2.05, 4.69) is 10.6 Å². The third-order valence-corrected chi connectivity index (χ3v) is 3.46. The maximum Gasteiger partial charge on any atom is 0.490 e. The number of amides is 2. The van der Waals surface area contributed by atoms with E-state index in [9.17, 15) is 28.1 Å². The quantitative estimate of drug-likeness (QED) is 0.452. The summed E-state index contributed by atoms with van der Waals surface area (Å²) in [5.74, 6) is -2.76. The standard InChI is InChI=1S/C11H13ClN4O3.C2HF3O2/c12-8-5-7(16(18)19)1-2-9(8)15-10(17)14-6-11(13)3-4-11;3-2(4,5)1(6)7/h1-2,5H,3-4,6,13H2,(H2,14,15,17);(H,6,7). The third-order valence-electron chi connectivity index (χ3n) is 3.15. The number of nitro benzene ring substituents is 1. The van der Waals surface area contributed by atoms with Crippen LogP contribution in [-0.2, 0) is 4.79 Å². The van der Waals surface area contributed by atoms with E-state index in [0.717, 1.165) is 12.8 Å². The van der Waals surface area contributed by atoms with Gasteiger partial charge in [-0.05, 0) is 18.9 Å². The molecule has 0 bridgehead atoms. The number of urea groups is 1. The highest BCUT2D eigenvalue weighted by Gasteiger charge is 2.38. The molecule has 13 heteroatoms. The first kappa shape index (κ1) is 21.4. The maximum absolute atomic E-state index is 11.6. The Morgan fingerprint density at radius 1 is 1.38 bits per heavy atom. The lowest BCUT2D eigenvalue weighted by atomic mass is 10.3. The number of carboxylic acids is 1. The first-order chi connectivity index (χ1) is 11.8. The number of alkyl halides is 3. The summed E-state index contributed by atoms with van der Waals surface area (Å²) in [6.07, 6.45) is -3.29. The zero-order valence-electron chi connectivity index (χ0n) is 13.0. The van der Waals surface area contributed by atoms with Gasteiger partial charge in [-0.1, -0.05) is 11.6 Å². The number of carboxylic acid groups (broad SMARTS) is 1. The number of rotatable bonds is 4. The second-order valence-electron chi connectivity index (χ2n) is 5.39. The minimum absolute atomic E-state index is 0.109. The number of carbonyl (C=O) groups excluding carboxylic acids is 1. The minimum Gasteiger partial charge on any atom is -0.475 e. The molecule has 0 aromatic heterocycles. The number of carbonyl (C=O) groups is 2. The number of nitrogens with one attached hydrogen (secondary N) is 2. The molecule has 0 saturated heterocycles. The van der Waals surface area contributed by atoms with Crippen molar-refractivity contribution in [2.75, 3.05) is 11.9 Å². The van der Waals surface area contributed by atoms with Crippen molar-refractivity contribution in [1.29, 1.82) is 0 Å². The molecule has 0 unspecified atom stereocenters. The number of non-ortho nitro benzene ring substituents is 1. The average Bonchev–Trinajstić information content (AvgIpc) is 3.25. The molecule has 5 N–H and O–H groups in total. The van der Waals surface area contributed by atoms with Crippen LogP contribution >= 0.6 is 11.6 Å². The molecule has 1 aliphatic rings. The van der Waals surface area contributed by atoms with Crippen LogP contribution in [-0.4, -0.2) is 40.3 Å². The highest BCUT2D eigenvalue weighted by atomic mass is 35.5. The zero-order valence-corrected chi connectivity index (χ0v) is 13.7. The smallest absolute Gasteiger partial charge is 0.475 e. The number of benzene rings is 1. The average molecular weight is 399 g/mol. The molecule has 0 radical (unpaired) electrons. The highest BCUT2D eigenvalue weighted by molar-refractivity contribution is 6.33. The van der Waals surface area contributed by atoms with Crippen molar-refractivity contribution in [2.24, 2.45) is 5.73 Å². The van der Waals surface area contributed by atoms with Crippen molar-refractivity contribution in [3.8, 4) is 0 Å². The van der Waals surface area contributed by atoms with Gasteiger partial charge in [0.05, 0.1) is 15.6 Å². The van der Waals surface area contributed by atoms with Crippen LogP contribution < -0.4 is 16.4 Å². The predicted molar refractivity (Wildman–Crippen MR) is 85.0 cm³/mol. The van der Waals surface area contributed by atoms with Crippen molar-refractivity contribution in [1.82, 2.24) is 5.32 Å². The van der Waals surface area contributed by atoms with Gasteiger partial charge in [0.2, 0.25) is 0 Å². The van der Waals surface area contributed by atoms with Crippen molar-refractivity contribution in [2.45, 2.75) is 24.6 Å². The van der Waals surface area contributed by atoms with Crippen molar-refractivity contribution < 1.29 is 32.8 Å². The highest BCUT2D eigenvalue weighted by Crippen LogP contribution is 2.31. The molecular weight excluding hydrogens is 385 g/mol.